The summed E-state index contributed by atoms with van der Waals surface area (Å²) in [6.45, 7) is 5.17. The summed E-state index contributed by atoms with van der Waals surface area (Å²) in [6.07, 6.45) is 1.28. The average molecular weight is 322 g/mol. The average Bonchev–Trinajstić information content (AvgIpc) is 2.90. The molecule has 2 heterocycles. The maximum Gasteiger partial charge on any atom is 0.266 e. The molecule has 0 bridgehead atoms. The number of hydrogen-bond donors (Lipinski definition) is 0. The van der Waals surface area contributed by atoms with Crippen molar-refractivity contribution in [1.29, 1.82) is 0 Å². The van der Waals surface area contributed by atoms with Crippen molar-refractivity contribution in [2.24, 2.45) is 0 Å². The maximum absolute atomic E-state index is 12.6. The number of hydrogen-bond acceptors (Lipinski definition) is 4. The first kappa shape index (κ1) is 15.6. The molecule has 1 aromatic carbocycles. The van der Waals surface area contributed by atoms with Crippen LogP contribution in [0.1, 0.15) is 6.92 Å². The highest BCUT2D eigenvalue weighted by atomic mass is 16.2. The fourth-order valence-electron chi connectivity index (χ4n) is 2.67. The summed E-state index contributed by atoms with van der Waals surface area (Å²) in [4.78, 5) is 51.0. The van der Waals surface area contributed by atoms with Crippen molar-refractivity contribution >= 4 is 29.3 Å². The molecule has 4 amide bonds. The van der Waals surface area contributed by atoms with Crippen molar-refractivity contribution in [2.45, 2.75) is 6.92 Å². The van der Waals surface area contributed by atoms with Gasteiger partial charge in [-0.15, -0.1) is 0 Å². The third-order valence-electron chi connectivity index (χ3n) is 4.09. The largest absolute Gasteiger partial charge is 0.278 e. The van der Waals surface area contributed by atoms with Crippen LogP contribution in [-0.4, -0.2) is 35.6 Å². The number of carbonyl (C=O) groups is 4. The molecule has 6 heteroatoms. The summed E-state index contributed by atoms with van der Waals surface area (Å²) in [6, 6.07) is 8.46. The molecular formula is C18H14N2O4. The quantitative estimate of drug-likeness (QED) is 0.608. The van der Waals surface area contributed by atoms with Crippen molar-refractivity contribution in [3.8, 4) is 0 Å². The van der Waals surface area contributed by atoms with Crippen molar-refractivity contribution in [3.63, 3.8) is 0 Å². The molecule has 0 spiro atoms. The first-order valence-electron chi connectivity index (χ1n) is 7.22. The highest BCUT2D eigenvalue weighted by Crippen LogP contribution is 2.31. The van der Waals surface area contributed by atoms with E-state index in [-0.39, 0.29) is 22.3 Å². The van der Waals surface area contributed by atoms with Crippen LogP contribution < -0.4 is 4.90 Å². The van der Waals surface area contributed by atoms with Crippen molar-refractivity contribution in [1.82, 2.24) is 4.90 Å². The normalized spacial score (nSPS) is 20.2. The summed E-state index contributed by atoms with van der Waals surface area (Å²) < 4.78 is 0. The van der Waals surface area contributed by atoms with Gasteiger partial charge in [0.25, 0.3) is 23.6 Å². The Morgan fingerprint density at radius 3 is 2.08 bits per heavy atom. The molecule has 24 heavy (non-hydrogen) atoms. The van der Waals surface area contributed by atoms with Crippen LogP contribution in [0.2, 0.25) is 0 Å². The third kappa shape index (κ3) is 2.11. The lowest BCUT2D eigenvalue weighted by molar-refractivity contribution is -0.135. The van der Waals surface area contributed by atoms with Crippen molar-refractivity contribution < 1.29 is 19.2 Å². The number of amides is 4. The van der Waals surface area contributed by atoms with E-state index < -0.39 is 23.6 Å². The van der Waals surface area contributed by atoms with E-state index in [1.807, 2.05) is 0 Å². The van der Waals surface area contributed by atoms with Crippen molar-refractivity contribution in [3.05, 3.63) is 65.3 Å². The summed E-state index contributed by atoms with van der Waals surface area (Å²) in [5.74, 6) is -2.03. The highest BCUT2D eigenvalue weighted by Gasteiger charge is 2.40. The molecule has 0 aromatic heterocycles. The predicted octanol–water partition coefficient (Wildman–Crippen LogP) is 1.36. The molecular weight excluding hydrogens is 308 g/mol. The molecule has 1 saturated heterocycles. The van der Waals surface area contributed by atoms with Crippen LogP contribution in [0, 0.1) is 0 Å². The molecule has 0 N–H and O–H groups in total. The van der Waals surface area contributed by atoms with Crippen LogP contribution in [0.5, 0.6) is 0 Å². The van der Waals surface area contributed by atoms with Gasteiger partial charge in [0, 0.05) is 23.8 Å². The van der Waals surface area contributed by atoms with Gasteiger partial charge in [0.15, 0.2) is 0 Å². The fraction of sp³-hybridized carbons (Fsp3) is 0.111. The number of anilines is 1. The summed E-state index contributed by atoms with van der Waals surface area (Å²) in [5.41, 5.74) is 0.790. The Hall–Kier alpha value is -3.28. The molecule has 1 fully saturated rings. The number of nitrogens with zero attached hydrogens (tertiary/aromatic N) is 2. The minimum Gasteiger partial charge on any atom is -0.278 e. The van der Waals surface area contributed by atoms with Crippen LogP contribution in [0.15, 0.2) is 65.3 Å². The van der Waals surface area contributed by atoms with E-state index >= 15 is 0 Å². The summed E-state index contributed by atoms with van der Waals surface area (Å²) in [5, 5.41) is 0. The monoisotopic (exact) mass is 322 g/mol. The van der Waals surface area contributed by atoms with Gasteiger partial charge in [0.1, 0.15) is 0 Å². The molecule has 2 aliphatic rings. The highest BCUT2D eigenvalue weighted by molar-refractivity contribution is 6.37. The Bertz CT molecular complexity index is 878. The Balaban J connectivity index is 2.06. The van der Waals surface area contributed by atoms with E-state index in [1.54, 1.807) is 30.3 Å². The fourth-order valence-corrected chi connectivity index (χ4v) is 2.67. The summed E-state index contributed by atoms with van der Waals surface area (Å²) in [7, 11) is 1.37. The molecule has 0 unspecified atom stereocenters. The third-order valence-corrected chi connectivity index (χ3v) is 4.09. The van der Waals surface area contributed by atoms with Gasteiger partial charge in [-0.25, -0.2) is 4.90 Å². The first-order valence-corrected chi connectivity index (χ1v) is 7.22. The summed E-state index contributed by atoms with van der Waals surface area (Å²) >= 11 is 0. The lowest BCUT2D eigenvalue weighted by Crippen LogP contribution is -2.29. The number of rotatable bonds is 2. The zero-order valence-corrected chi connectivity index (χ0v) is 13.2. The zero-order valence-electron chi connectivity index (χ0n) is 13.2. The van der Waals surface area contributed by atoms with Gasteiger partial charge in [-0.3, -0.25) is 24.1 Å². The number of para-hydroxylation sites is 1. The minimum atomic E-state index is -0.564. The van der Waals surface area contributed by atoms with E-state index in [1.165, 1.54) is 20.0 Å². The van der Waals surface area contributed by atoms with Crippen LogP contribution in [0.25, 0.3) is 0 Å². The van der Waals surface area contributed by atoms with Gasteiger partial charge in [0.05, 0.1) is 11.3 Å². The second-order valence-electron chi connectivity index (χ2n) is 5.53. The minimum absolute atomic E-state index is 0.000967. The van der Waals surface area contributed by atoms with Crippen LogP contribution in [-0.2, 0) is 19.2 Å². The Labute approximate surface area is 138 Å². The molecule has 0 radical (unpaired) electrons. The number of benzene rings is 1. The molecule has 6 nitrogen and oxygen atoms in total. The van der Waals surface area contributed by atoms with Gasteiger partial charge in [-0.05, 0) is 25.1 Å². The lowest BCUT2D eigenvalue weighted by atomic mass is 10.0. The molecule has 0 atom stereocenters. The molecule has 120 valence electrons. The number of carbonyl (C=O) groups excluding carboxylic acids is 4. The van der Waals surface area contributed by atoms with Gasteiger partial charge in [-0.2, -0.15) is 0 Å². The van der Waals surface area contributed by atoms with Crippen molar-refractivity contribution in [2.75, 3.05) is 11.9 Å². The second-order valence-corrected chi connectivity index (χ2v) is 5.53. The smallest absolute Gasteiger partial charge is 0.266 e. The van der Waals surface area contributed by atoms with E-state index in [9.17, 15) is 19.2 Å². The Morgan fingerprint density at radius 2 is 1.54 bits per heavy atom. The molecule has 2 aliphatic heterocycles. The maximum atomic E-state index is 12.6. The van der Waals surface area contributed by atoms with Gasteiger partial charge < -0.3 is 0 Å². The topological polar surface area (TPSA) is 74.8 Å². The Morgan fingerprint density at radius 1 is 0.917 bits per heavy atom. The number of likely N-dealkylation sites (N-methyl/N-ethyl adjacent to an activating group) is 1. The van der Waals surface area contributed by atoms with E-state index in [0.29, 0.717) is 5.69 Å². The van der Waals surface area contributed by atoms with Gasteiger partial charge >= 0.3 is 0 Å². The van der Waals surface area contributed by atoms with Crippen LogP contribution in [0.3, 0.4) is 0 Å². The first-order chi connectivity index (χ1) is 11.3. The van der Waals surface area contributed by atoms with Crippen LogP contribution in [0.4, 0.5) is 5.69 Å². The van der Waals surface area contributed by atoms with Gasteiger partial charge in [0.2, 0.25) is 0 Å². The Kier molecular flexibility index (Phi) is 3.52. The van der Waals surface area contributed by atoms with E-state index in [2.05, 4.69) is 6.58 Å². The van der Waals surface area contributed by atoms with E-state index in [0.717, 1.165) is 9.80 Å². The van der Waals surface area contributed by atoms with Crippen LogP contribution >= 0.6 is 0 Å². The number of imide groups is 2. The standard InChI is InChI=1S/C18H14N2O4/c1-10-13(17(23)19(3)15(10)21)9-14-11(2)16(22)20(18(14)24)12-7-5-4-6-8-12/h4-9H,2H2,1,3H3/b14-9+. The second kappa shape index (κ2) is 5.42. The molecule has 1 aromatic rings. The zero-order chi connectivity index (χ0) is 17.6. The molecule has 0 saturated carbocycles. The molecule has 0 aliphatic carbocycles. The SMILES string of the molecule is C=C1C(=O)N(c2ccccc2)C(=O)/C1=C/C1=C(C)C(=O)N(C)C1=O. The van der Waals surface area contributed by atoms with E-state index in [4.69, 9.17) is 0 Å². The molecule has 3 rings (SSSR count). The van der Waals surface area contributed by atoms with Gasteiger partial charge in [-0.1, -0.05) is 24.8 Å². The lowest BCUT2D eigenvalue weighted by Gasteiger charge is -2.12. The predicted molar refractivity (Wildman–Crippen MR) is 86.6 cm³/mol.